The van der Waals surface area contributed by atoms with E-state index >= 15 is 0 Å². The van der Waals surface area contributed by atoms with E-state index in [2.05, 4.69) is 45.1 Å². The molecule has 1 aromatic rings. The summed E-state index contributed by atoms with van der Waals surface area (Å²) in [5, 5.41) is 3.71. The summed E-state index contributed by atoms with van der Waals surface area (Å²) >= 11 is 2.03. The second-order valence-corrected chi connectivity index (χ2v) is 8.65. The summed E-state index contributed by atoms with van der Waals surface area (Å²) in [4.78, 5) is 3.11. The number of rotatable bonds is 7. The predicted octanol–water partition coefficient (Wildman–Crippen LogP) is 5.60. The van der Waals surface area contributed by atoms with Gasteiger partial charge in [-0.2, -0.15) is 0 Å². The Hall–Kier alpha value is -0.340. The van der Waals surface area contributed by atoms with Crippen LogP contribution in [0.1, 0.15) is 68.5 Å². The van der Waals surface area contributed by atoms with E-state index in [0.717, 1.165) is 30.2 Å². The largest absolute Gasteiger partial charge is 0.316 e. The molecular weight excluding hydrogens is 274 g/mol. The lowest BCUT2D eigenvalue weighted by Crippen LogP contribution is -2.33. The molecule has 2 heteroatoms. The lowest BCUT2D eigenvalue weighted by Gasteiger charge is -2.36. The smallest absolute Gasteiger partial charge is 0.00823 e. The predicted molar refractivity (Wildman–Crippen MR) is 95.2 cm³/mol. The highest BCUT2D eigenvalue weighted by Crippen LogP contribution is 2.43. The molecular formula is C19H33NS. The van der Waals surface area contributed by atoms with Gasteiger partial charge in [0.15, 0.2) is 0 Å². The molecule has 2 rings (SSSR count). The molecule has 1 N–H and O–H groups in total. The van der Waals surface area contributed by atoms with Crippen molar-refractivity contribution in [1.82, 2.24) is 5.32 Å². The van der Waals surface area contributed by atoms with E-state index in [1.54, 1.807) is 4.88 Å². The maximum atomic E-state index is 3.71. The number of thiophene rings is 1. The van der Waals surface area contributed by atoms with E-state index in [4.69, 9.17) is 0 Å². The molecule has 0 radical (unpaired) electrons. The molecule has 1 aliphatic carbocycles. The molecule has 3 unspecified atom stereocenters. The molecule has 1 nitrogen and oxygen atoms in total. The number of hydrogen-bond donors (Lipinski definition) is 1. The van der Waals surface area contributed by atoms with Gasteiger partial charge in [-0.3, -0.25) is 0 Å². The van der Waals surface area contributed by atoms with Crippen molar-refractivity contribution >= 4 is 11.3 Å². The second kappa shape index (κ2) is 8.33. The van der Waals surface area contributed by atoms with Crippen molar-refractivity contribution in [2.75, 3.05) is 13.1 Å². The standard InChI is InChI=1S/C19H33NS/c1-5-6-16-8-9-17(13-20-12-14(2)3)18(11-16)19-10-7-15(4)21-19/h7,10,14,16-18,20H,5-6,8-9,11-13H2,1-4H3. The third kappa shape index (κ3) is 5.10. The molecule has 1 fully saturated rings. The Morgan fingerprint density at radius 3 is 2.71 bits per heavy atom. The fourth-order valence-corrected chi connectivity index (χ4v) is 4.88. The first kappa shape index (κ1) is 17.0. The minimum absolute atomic E-state index is 0.754. The van der Waals surface area contributed by atoms with Crippen molar-refractivity contribution in [3.63, 3.8) is 0 Å². The SMILES string of the molecule is CCCC1CCC(CNCC(C)C)C(c2ccc(C)s2)C1. The Morgan fingerprint density at radius 1 is 1.29 bits per heavy atom. The van der Waals surface area contributed by atoms with Gasteiger partial charge in [0.1, 0.15) is 0 Å². The van der Waals surface area contributed by atoms with E-state index in [1.165, 1.54) is 43.5 Å². The van der Waals surface area contributed by atoms with Gasteiger partial charge in [-0.25, -0.2) is 0 Å². The van der Waals surface area contributed by atoms with Crippen LogP contribution in [0, 0.1) is 24.7 Å². The van der Waals surface area contributed by atoms with Gasteiger partial charge in [-0.15, -0.1) is 11.3 Å². The zero-order valence-corrected chi connectivity index (χ0v) is 15.1. The maximum Gasteiger partial charge on any atom is 0.00823 e. The van der Waals surface area contributed by atoms with Gasteiger partial charge < -0.3 is 5.32 Å². The molecule has 120 valence electrons. The Bertz CT molecular complexity index is 409. The maximum absolute atomic E-state index is 3.71. The van der Waals surface area contributed by atoms with Crippen molar-refractivity contribution in [2.45, 2.75) is 65.7 Å². The highest BCUT2D eigenvalue weighted by Gasteiger charge is 2.31. The highest BCUT2D eigenvalue weighted by molar-refractivity contribution is 7.12. The molecule has 3 atom stereocenters. The van der Waals surface area contributed by atoms with Crippen LogP contribution in [0.3, 0.4) is 0 Å². The van der Waals surface area contributed by atoms with Gasteiger partial charge in [0.2, 0.25) is 0 Å². The van der Waals surface area contributed by atoms with Gasteiger partial charge in [-0.1, -0.05) is 40.0 Å². The summed E-state index contributed by atoms with van der Waals surface area (Å²) in [6.45, 7) is 11.5. The zero-order valence-electron chi connectivity index (χ0n) is 14.3. The summed E-state index contributed by atoms with van der Waals surface area (Å²) in [7, 11) is 0. The van der Waals surface area contributed by atoms with Gasteiger partial charge >= 0.3 is 0 Å². The van der Waals surface area contributed by atoms with E-state index in [-0.39, 0.29) is 0 Å². The van der Waals surface area contributed by atoms with E-state index in [9.17, 15) is 0 Å². The summed E-state index contributed by atoms with van der Waals surface area (Å²) in [5.74, 6) is 3.36. The molecule has 21 heavy (non-hydrogen) atoms. The first-order valence-electron chi connectivity index (χ1n) is 8.87. The molecule has 0 saturated heterocycles. The minimum atomic E-state index is 0.754. The van der Waals surface area contributed by atoms with E-state index in [1.807, 2.05) is 11.3 Å². The van der Waals surface area contributed by atoms with Crippen LogP contribution in [0.4, 0.5) is 0 Å². The minimum Gasteiger partial charge on any atom is -0.316 e. The fourth-order valence-electron chi connectivity index (χ4n) is 3.79. The normalized spacial score (nSPS) is 26.4. The van der Waals surface area contributed by atoms with Gasteiger partial charge in [0.05, 0.1) is 0 Å². The number of aryl methyl sites for hydroxylation is 1. The van der Waals surface area contributed by atoms with Crippen LogP contribution in [0.25, 0.3) is 0 Å². The molecule has 1 saturated carbocycles. The molecule has 1 aromatic heterocycles. The first-order valence-corrected chi connectivity index (χ1v) is 9.68. The Morgan fingerprint density at radius 2 is 2.10 bits per heavy atom. The third-order valence-electron chi connectivity index (χ3n) is 4.88. The van der Waals surface area contributed by atoms with Crippen LogP contribution >= 0.6 is 11.3 Å². The van der Waals surface area contributed by atoms with Crippen molar-refractivity contribution in [1.29, 1.82) is 0 Å². The van der Waals surface area contributed by atoms with Gasteiger partial charge in [0.25, 0.3) is 0 Å². The summed E-state index contributed by atoms with van der Waals surface area (Å²) in [6.07, 6.45) is 7.05. The molecule has 0 amide bonds. The topological polar surface area (TPSA) is 12.0 Å². The second-order valence-electron chi connectivity index (χ2n) is 7.33. The average Bonchev–Trinajstić information content (AvgIpc) is 2.86. The van der Waals surface area contributed by atoms with Crippen LogP contribution in [-0.4, -0.2) is 13.1 Å². The van der Waals surface area contributed by atoms with E-state index in [0.29, 0.717) is 0 Å². The molecule has 1 aliphatic rings. The number of hydrogen-bond acceptors (Lipinski definition) is 2. The summed E-state index contributed by atoms with van der Waals surface area (Å²) in [6, 6.07) is 4.70. The summed E-state index contributed by atoms with van der Waals surface area (Å²) < 4.78 is 0. The van der Waals surface area contributed by atoms with Crippen LogP contribution in [0.5, 0.6) is 0 Å². The quantitative estimate of drug-likeness (QED) is 0.691. The lowest BCUT2D eigenvalue weighted by atomic mass is 9.72. The van der Waals surface area contributed by atoms with Crippen molar-refractivity contribution in [3.05, 3.63) is 21.9 Å². The lowest BCUT2D eigenvalue weighted by molar-refractivity contribution is 0.221. The molecule has 0 spiro atoms. The molecule has 0 bridgehead atoms. The molecule has 0 aromatic carbocycles. The third-order valence-corrected chi connectivity index (χ3v) is 6.02. The van der Waals surface area contributed by atoms with Crippen LogP contribution in [0.15, 0.2) is 12.1 Å². The Labute approximate surface area is 135 Å². The number of nitrogens with one attached hydrogen (secondary N) is 1. The van der Waals surface area contributed by atoms with Gasteiger partial charge in [0, 0.05) is 9.75 Å². The van der Waals surface area contributed by atoms with Crippen LogP contribution in [0.2, 0.25) is 0 Å². The highest BCUT2D eigenvalue weighted by atomic mass is 32.1. The van der Waals surface area contributed by atoms with E-state index < -0.39 is 0 Å². The Balaban J connectivity index is 2.00. The average molecular weight is 308 g/mol. The zero-order chi connectivity index (χ0) is 15.2. The monoisotopic (exact) mass is 307 g/mol. The first-order chi connectivity index (χ1) is 10.1. The summed E-state index contributed by atoms with van der Waals surface area (Å²) in [5.41, 5.74) is 0. The Kier molecular flexibility index (Phi) is 6.75. The van der Waals surface area contributed by atoms with Crippen molar-refractivity contribution in [2.24, 2.45) is 17.8 Å². The molecule has 1 heterocycles. The van der Waals surface area contributed by atoms with Crippen LogP contribution in [-0.2, 0) is 0 Å². The van der Waals surface area contributed by atoms with Gasteiger partial charge in [-0.05, 0) is 68.7 Å². The molecule has 0 aliphatic heterocycles. The van der Waals surface area contributed by atoms with Crippen LogP contribution < -0.4 is 5.32 Å². The fraction of sp³-hybridized carbons (Fsp3) is 0.789. The van der Waals surface area contributed by atoms with Crippen molar-refractivity contribution in [3.8, 4) is 0 Å². The van der Waals surface area contributed by atoms with Crippen molar-refractivity contribution < 1.29 is 0 Å².